The molecule has 154 valence electrons. The molecule has 6 rings (SSSR count). The van der Waals surface area contributed by atoms with Gasteiger partial charge in [-0.25, -0.2) is 4.79 Å². The van der Waals surface area contributed by atoms with Gasteiger partial charge in [-0.15, -0.1) is 10.2 Å². The zero-order chi connectivity index (χ0) is 19.8. The van der Waals surface area contributed by atoms with Crippen LogP contribution in [0.2, 0.25) is 0 Å². The van der Waals surface area contributed by atoms with Gasteiger partial charge >= 0.3 is 6.03 Å². The van der Waals surface area contributed by atoms with E-state index in [4.69, 9.17) is 0 Å². The summed E-state index contributed by atoms with van der Waals surface area (Å²) in [4.78, 5) is 24.6. The molecular formula is C21H28N6O2. The zero-order valence-corrected chi connectivity index (χ0v) is 16.6. The molecule has 2 aromatic heterocycles. The van der Waals surface area contributed by atoms with E-state index in [1.807, 2.05) is 28.8 Å². The maximum absolute atomic E-state index is 12.4. The predicted molar refractivity (Wildman–Crippen MR) is 107 cm³/mol. The number of carbonyl (C=O) groups is 2. The van der Waals surface area contributed by atoms with E-state index in [0.717, 1.165) is 42.7 Å². The Bertz CT molecular complexity index is 888. The summed E-state index contributed by atoms with van der Waals surface area (Å²) in [5.41, 5.74) is 0.746. The molecule has 0 aliphatic heterocycles. The van der Waals surface area contributed by atoms with Crippen molar-refractivity contribution in [1.82, 2.24) is 30.5 Å². The van der Waals surface area contributed by atoms with Gasteiger partial charge in [0.25, 0.3) is 0 Å². The highest BCUT2D eigenvalue weighted by Crippen LogP contribution is 2.55. The van der Waals surface area contributed by atoms with Gasteiger partial charge in [-0.05, 0) is 68.4 Å². The van der Waals surface area contributed by atoms with Gasteiger partial charge in [-0.3, -0.25) is 9.20 Å². The topological polar surface area (TPSA) is 100 Å². The number of rotatable bonds is 6. The van der Waals surface area contributed by atoms with Crippen LogP contribution in [0.1, 0.15) is 50.8 Å². The van der Waals surface area contributed by atoms with Gasteiger partial charge in [-0.1, -0.05) is 6.07 Å². The highest BCUT2D eigenvalue weighted by Gasteiger charge is 2.51. The summed E-state index contributed by atoms with van der Waals surface area (Å²) in [6.07, 6.45) is 9.54. The van der Waals surface area contributed by atoms with E-state index in [1.54, 1.807) is 0 Å². The minimum Gasteiger partial charge on any atom is -0.349 e. The maximum atomic E-state index is 12.4. The first-order valence-corrected chi connectivity index (χ1v) is 10.7. The summed E-state index contributed by atoms with van der Waals surface area (Å²) < 4.78 is 1.84. The zero-order valence-electron chi connectivity index (χ0n) is 16.6. The third-order valence-corrected chi connectivity index (χ3v) is 6.88. The molecule has 4 saturated carbocycles. The van der Waals surface area contributed by atoms with Crippen LogP contribution < -0.4 is 16.0 Å². The molecule has 4 bridgehead atoms. The lowest BCUT2D eigenvalue weighted by Gasteiger charge is -2.56. The lowest BCUT2D eigenvalue weighted by atomic mass is 9.53. The van der Waals surface area contributed by atoms with Gasteiger partial charge in [0, 0.05) is 24.7 Å². The molecular weight excluding hydrogens is 368 g/mol. The Hall–Kier alpha value is -2.64. The fraction of sp³-hybridized carbons (Fsp3) is 0.619. The van der Waals surface area contributed by atoms with Crippen LogP contribution in [0.3, 0.4) is 0 Å². The van der Waals surface area contributed by atoms with Crippen LogP contribution in [-0.2, 0) is 11.3 Å². The molecule has 8 nitrogen and oxygen atoms in total. The van der Waals surface area contributed by atoms with E-state index in [-0.39, 0.29) is 23.9 Å². The number of aromatic nitrogens is 3. The van der Waals surface area contributed by atoms with Gasteiger partial charge in [0.15, 0.2) is 11.5 Å². The minimum atomic E-state index is -0.136. The van der Waals surface area contributed by atoms with Gasteiger partial charge in [0.1, 0.15) is 0 Å². The fourth-order valence-electron chi connectivity index (χ4n) is 6.12. The van der Waals surface area contributed by atoms with Crippen molar-refractivity contribution in [2.24, 2.45) is 17.8 Å². The largest absolute Gasteiger partial charge is 0.349 e. The van der Waals surface area contributed by atoms with E-state index >= 15 is 0 Å². The number of hydrogen-bond acceptors (Lipinski definition) is 4. The monoisotopic (exact) mass is 396 g/mol. The minimum absolute atomic E-state index is 0.00414. The molecule has 0 atom stereocenters. The molecule has 0 spiro atoms. The Labute approximate surface area is 169 Å². The summed E-state index contributed by atoms with van der Waals surface area (Å²) in [7, 11) is 0. The van der Waals surface area contributed by atoms with Crippen molar-refractivity contribution in [3.05, 3.63) is 30.2 Å². The lowest BCUT2D eigenvalue weighted by molar-refractivity contribution is -0.121. The second kappa shape index (κ2) is 7.31. The van der Waals surface area contributed by atoms with Crippen LogP contribution in [0.15, 0.2) is 24.4 Å². The molecule has 0 radical (unpaired) electrons. The second-order valence-electron chi connectivity index (χ2n) is 9.15. The normalized spacial score (nSPS) is 29.7. The van der Waals surface area contributed by atoms with Crippen LogP contribution in [0, 0.1) is 17.8 Å². The summed E-state index contributed by atoms with van der Waals surface area (Å²) >= 11 is 0. The summed E-state index contributed by atoms with van der Waals surface area (Å²) in [5, 5.41) is 17.1. The Morgan fingerprint density at radius 2 is 1.76 bits per heavy atom. The number of nitrogens with zero attached hydrogens (tertiary/aromatic N) is 3. The smallest absolute Gasteiger partial charge is 0.315 e. The van der Waals surface area contributed by atoms with E-state index in [1.165, 1.54) is 19.3 Å². The number of pyridine rings is 1. The molecule has 4 aliphatic rings. The second-order valence-corrected chi connectivity index (χ2v) is 9.15. The number of nitrogens with one attached hydrogen (secondary N) is 3. The van der Waals surface area contributed by atoms with Crippen molar-refractivity contribution in [2.45, 2.75) is 57.0 Å². The highest BCUT2D eigenvalue weighted by molar-refractivity contribution is 5.78. The van der Waals surface area contributed by atoms with Crippen molar-refractivity contribution < 1.29 is 9.59 Å². The molecule has 0 aromatic carbocycles. The molecule has 0 saturated heterocycles. The number of fused-ring (bicyclic) bond motifs is 1. The van der Waals surface area contributed by atoms with Gasteiger partial charge < -0.3 is 16.0 Å². The molecule has 2 aromatic rings. The van der Waals surface area contributed by atoms with Gasteiger partial charge in [-0.2, -0.15) is 0 Å². The summed E-state index contributed by atoms with van der Waals surface area (Å²) in [6, 6.07) is 5.52. The van der Waals surface area contributed by atoms with Crippen LogP contribution >= 0.6 is 0 Å². The van der Waals surface area contributed by atoms with E-state index < -0.39 is 0 Å². The third kappa shape index (κ3) is 3.80. The number of hydrogen-bond donors (Lipinski definition) is 3. The molecule has 29 heavy (non-hydrogen) atoms. The summed E-state index contributed by atoms with van der Waals surface area (Å²) in [6.45, 7) is 0.633. The third-order valence-electron chi connectivity index (χ3n) is 6.88. The molecule has 3 N–H and O–H groups in total. The Morgan fingerprint density at radius 1 is 1.03 bits per heavy atom. The Kier molecular flexibility index (Phi) is 4.64. The molecule has 0 unspecified atom stereocenters. The van der Waals surface area contributed by atoms with E-state index in [0.29, 0.717) is 18.9 Å². The fourth-order valence-corrected chi connectivity index (χ4v) is 6.12. The van der Waals surface area contributed by atoms with Crippen molar-refractivity contribution >= 4 is 17.6 Å². The SMILES string of the molecule is O=C(CCNC(=O)NC12CC3CC(CC(C3)C1)C2)NCc1nnc2ccccn12. The Morgan fingerprint density at radius 3 is 2.48 bits per heavy atom. The van der Waals surface area contributed by atoms with Crippen LogP contribution in [0.5, 0.6) is 0 Å². The first-order valence-electron chi connectivity index (χ1n) is 10.7. The molecule has 2 heterocycles. The molecule has 4 aliphatic carbocycles. The van der Waals surface area contributed by atoms with Gasteiger partial charge in [0.05, 0.1) is 6.54 Å². The molecule has 4 fully saturated rings. The average molecular weight is 396 g/mol. The number of amides is 3. The first-order chi connectivity index (χ1) is 14.1. The molecule has 8 heteroatoms. The maximum Gasteiger partial charge on any atom is 0.315 e. The highest BCUT2D eigenvalue weighted by atomic mass is 16.2. The Balaban J connectivity index is 1.06. The summed E-state index contributed by atoms with van der Waals surface area (Å²) in [5.74, 6) is 2.94. The van der Waals surface area contributed by atoms with Crippen molar-refractivity contribution in [3.63, 3.8) is 0 Å². The van der Waals surface area contributed by atoms with Crippen molar-refractivity contribution in [2.75, 3.05) is 6.54 Å². The number of urea groups is 1. The van der Waals surface area contributed by atoms with E-state index in [9.17, 15) is 9.59 Å². The van der Waals surface area contributed by atoms with Crippen LogP contribution in [0.4, 0.5) is 4.79 Å². The first kappa shape index (κ1) is 18.4. The van der Waals surface area contributed by atoms with Crippen LogP contribution in [0.25, 0.3) is 5.65 Å². The number of carbonyl (C=O) groups excluding carboxylic acids is 2. The lowest BCUT2D eigenvalue weighted by Crippen LogP contribution is -2.61. The predicted octanol–water partition coefficient (Wildman–Crippen LogP) is 2.00. The van der Waals surface area contributed by atoms with Crippen molar-refractivity contribution in [1.29, 1.82) is 0 Å². The average Bonchev–Trinajstić information content (AvgIpc) is 3.08. The van der Waals surface area contributed by atoms with E-state index in [2.05, 4.69) is 26.1 Å². The van der Waals surface area contributed by atoms with Crippen LogP contribution in [-0.4, -0.2) is 38.6 Å². The standard InChI is InChI=1S/C21H28N6O2/c28-19(23-13-18-26-25-17-3-1-2-6-27(17)18)4-5-22-20(29)24-21-10-14-7-15(11-21)9-16(8-14)12-21/h1-3,6,14-16H,4-5,7-13H2,(H,23,28)(H2,22,24,29). The van der Waals surface area contributed by atoms with Gasteiger partial charge in [0.2, 0.25) is 5.91 Å². The molecule has 3 amide bonds. The van der Waals surface area contributed by atoms with Crippen molar-refractivity contribution in [3.8, 4) is 0 Å². The quantitative estimate of drug-likeness (QED) is 0.695.